The van der Waals surface area contributed by atoms with Crippen LogP contribution in [-0.4, -0.2) is 38.7 Å². The lowest BCUT2D eigenvalue weighted by Crippen LogP contribution is -2.29. The molecule has 0 spiro atoms. The second kappa shape index (κ2) is 12.0. The number of halogens is 1. The van der Waals surface area contributed by atoms with E-state index in [1.165, 1.54) is 4.31 Å². The van der Waals surface area contributed by atoms with Gasteiger partial charge in [-0.3, -0.25) is 19.6 Å². The third-order valence-corrected chi connectivity index (χ3v) is 6.41. The molecular formula is C20H25ClN6O2S. The Morgan fingerprint density at radius 3 is 2.47 bits per heavy atom. The second-order valence-corrected chi connectivity index (χ2v) is 9.06. The summed E-state index contributed by atoms with van der Waals surface area (Å²) in [6.45, 7) is 0.527. The van der Waals surface area contributed by atoms with Gasteiger partial charge in [0.2, 0.25) is 16.0 Å². The first-order valence-electron chi connectivity index (χ1n) is 9.51. The molecule has 1 heterocycles. The lowest BCUT2D eigenvalue weighted by atomic mass is 10.2. The molecule has 0 saturated heterocycles. The monoisotopic (exact) mass is 448 g/mol. The molecule has 0 unspecified atom stereocenters. The van der Waals surface area contributed by atoms with Crippen LogP contribution < -0.4 is 14.9 Å². The number of guanidine groups is 1. The number of nitrogens with zero attached hydrogens (tertiary/aromatic N) is 4. The van der Waals surface area contributed by atoms with Gasteiger partial charge in [0, 0.05) is 36.7 Å². The number of aromatic nitrogens is 1. The summed E-state index contributed by atoms with van der Waals surface area (Å²) in [6, 6.07) is 10.3. The van der Waals surface area contributed by atoms with Crippen LogP contribution >= 0.6 is 11.6 Å². The number of nitriles is 1. The van der Waals surface area contributed by atoms with Crippen LogP contribution in [0.4, 0.5) is 11.4 Å². The van der Waals surface area contributed by atoms with Gasteiger partial charge in [-0.2, -0.15) is 5.26 Å². The van der Waals surface area contributed by atoms with Gasteiger partial charge in [-0.25, -0.2) is 8.42 Å². The van der Waals surface area contributed by atoms with Crippen molar-refractivity contribution in [1.82, 2.24) is 10.3 Å². The predicted molar refractivity (Wildman–Crippen MR) is 121 cm³/mol. The average Bonchev–Trinajstić information content (AvgIpc) is 2.74. The quantitative estimate of drug-likeness (QED) is 0.189. The molecule has 0 aliphatic rings. The van der Waals surface area contributed by atoms with Gasteiger partial charge in [0.1, 0.15) is 0 Å². The van der Waals surface area contributed by atoms with Crippen molar-refractivity contribution < 1.29 is 8.42 Å². The fraction of sp³-hybridized carbons (Fsp3) is 0.350. The van der Waals surface area contributed by atoms with E-state index in [0.717, 1.165) is 24.9 Å². The largest absolute Gasteiger partial charge is 0.325 e. The minimum Gasteiger partial charge on any atom is -0.325 e. The number of hydrogen-bond donors (Lipinski definition) is 2. The molecular weight excluding hydrogens is 424 g/mol. The molecule has 0 amide bonds. The Labute approximate surface area is 182 Å². The van der Waals surface area contributed by atoms with E-state index in [0.29, 0.717) is 29.6 Å². The lowest BCUT2D eigenvalue weighted by molar-refractivity contribution is 0.586. The van der Waals surface area contributed by atoms with E-state index in [1.807, 2.05) is 6.19 Å². The summed E-state index contributed by atoms with van der Waals surface area (Å²) in [5.41, 5.74) is 1.37. The molecule has 2 N–H and O–H groups in total. The highest BCUT2D eigenvalue weighted by Crippen LogP contribution is 2.20. The normalized spacial score (nSPS) is 11.6. The summed E-state index contributed by atoms with van der Waals surface area (Å²) in [5.74, 6) is 0.455. The Balaban J connectivity index is 1.71. The van der Waals surface area contributed by atoms with E-state index < -0.39 is 10.0 Å². The molecule has 0 bridgehead atoms. The van der Waals surface area contributed by atoms with Crippen molar-refractivity contribution in [3.05, 3.63) is 53.8 Å². The topological polar surface area (TPSA) is 110 Å². The summed E-state index contributed by atoms with van der Waals surface area (Å²) in [7, 11) is -1.82. The van der Waals surface area contributed by atoms with Gasteiger partial charge >= 0.3 is 0 Å². The number of rotatable bonds is 10. The van der Waals surface area contributed by atoms with E-state index in [1.54, 1.807) is 55.8 Å². The minimum absolute atomic E-state index is 0.0836. The number of sulfonamides is 1. The van der Waals surface area contributed by atoms with Crippen LogP contribution in [0.25, 0.3) is 0 Å². The number of unbranched alkanes of at least 4 members (excludes halogenated alkanes) is 3. The maximum atomic E-state index is 12.5. The van der Waals surface area contributed by atoms with Gasteiger partial charge in [-0.1, -0.05) is 24.4 Å². The van der Waals surface area contributed by atoms with Gasteiger partial charge in [-0.15, -0.1) is 0 Å². The van der Waals surface area contributed by atoms with Crippen molar-refractivity contribution in [2.24, 2.45) is 4.99 Å². The number of hydrogen-bond acceptors (Lipinski definition) is 5. The Hall–Kier alpha value is -2.83. The highest BCUT2D eigenvalue weighted by Gasteiger charge is 2.17. The molecule has 0 radical (unpaired) electrons. The van der Waals surface area contributed by atoms with Crippen LogP contribution in [0.1, 0.15) is 25.7 Å². The van der Waals surface area contributed by atoms with Crippen molar-refractivity contribution >= 4 is 39.0 Å². The van der Waals surface area contributed by atoms with E-state index in [-0.39, 0.29) is 5.75 Å². The smallest absolute Gasteiger partial charge is 0.234 e. The van der Waals surface area contributed by atoms with E-state index in [4.69, 9.17) is 16.9 Å². The number of aliphatic imine (C=N–C) groups is 1. The van der Waals surface area contributed by atoms with E-state index >= 15 is 0 Å². The zero-order valence-electron chi connectivity index (χ0n) is 16.8. The standard InChI is InChI=1S/C20H25ClN6O2S/c1-27(19-8-6-17(21)7-9-19)30(28,29)15-5-3-2-4-12-24-20(25-16-22)26-18-10-13-23-14-11-18/h6-11,13-14H,2-5,12,15H2,1H3,(H2,23,24,25,26). The fourth-order valence-electron chi connectivity index (χ4n) is 2.62. The van der Waals surface area contributed by atoms with E-state index in [2.05, 4.69) is 20.6 Å². The first-order chi connectivity index (χ1) is 14.4. The molecule has 10 heteroatoms. The van der Waals surface area contributed by atoms with Crippen LogP contribution in [0.3, 0.4) is 0 Å². The van der Waals surface area contributed by atoms with Crippen LogP contribution in [0, 0.1) is 11.5 Å². The molecule has 2 aromatic rings. The molecule has 0 atom stereocenters. The fourth-order valence-corrected chi connectivity index (χ4v) is 4.04. The summed E-state index contributed by atoms with van der Waals surface area (Å²) >= 11 is 5.85. The van der Waals surface area contributed by atoms with Gasteiger partial charge in [-0.05, 0) is 49.2 Å². The second-order valence-electron chi connectivity index (χ2n) is 6.50. The Morgan fingerprint density at radius 2 is 1.80 bits per heavy atom. The Morgan fingerprint density at radius 1 is 1.13 bits per heavy atom. The molecule has 2 rings (SSSR count). The van der Waals surface area contributed by atoms with Crippen molar-refractivity contribution in [3.63, 3.8) is 0 Å². The predicted octanol–water partition coefficient (Wildman–Crippen LogP) is 3.60. The molecule has 160 valence electrons. The molecule has 1 aromatic carbocycles. The van der Waals surface area contributed by atoms with Crippen LogP contribution in [0.15, 0.2) is 53.8 Å². The molecule has 1 aromatic heterocycles. The molecule has 8 nitrogen and oxygen atoms in total. The van der Waals surface area contributed by atoms with Crippen molar-refractivity contribution in [1.29, 1.82) is 5.26 Å². The van der Waals surface area contributed by atoms with Crippen molar-refractivity contribution in [2.75, 3.05) is 29.0 Å². The minimum atomic E-state index is -3.37. The van der Waals surface area contributed by atoms with Crippen LogP contribution in [-0.2, 0) is 10.0 Å². The Kier molecular flexibility index (Phi) is 9.38. The zero-order valence-corrected chi connectivity index (χ0v) is 18.3. The number of pyridine rings is 1. The highest BCUT2D eigenvalue weighted by atomic mass is 35.5. The van der Waals surface area contributed by atoms with Crippen LogP contribution in [0.5, 0.6) is 0 Å². The molecule has 0 fully saturated rings. The van der Waals surface area contributed by atoms with Gasteiger partial charge in [0.15, 0.2) is 6.19 Å². The molecule has 30 heavy (non-hydrogen) atoms. The first-order valence-corrected chi connectivity index (χ1v) is 11.5. The summed E-state index contributed by atoms with van der Waals surface area (Å²) < 4.78 is 26.2. The highest BCUT2D eigenvalue weighted by molar-refractivity contribution is 7.92. The first kappa shape index (κ1) is 23.4. The summed E-state index contributed by atoms with van der Waals surface area (Å²) in [4.78, 5) is 8.28. The lowest BCUT2D eigenvalue weighted by Gasteiger charge is -2.19. The third kappa shape index (κ3) is 7.89. The van der Waals surface area contributed by atoms with Crippen molar-refractivity contribution in [2.45, 2.75) is 25.7 Å². The molecule has 0 aliphatic heterocycles. The average molecular weight is 449 g/mol. The van der Waals surface area contributed by atoms with Gasteiger partial charge in [0.25, 0.3) is 0 Å². The van der Waals surface area contributed by atoms with E-state index in [9.17, 15) is 8.42 Å². The summed E-state index contributed by atoms with van der Waals surface area (Å²) in [6.07, 6.45) is 8.13. The third-order valence-electron chi connectivity index (χ3n) is 4.31. The zero-order chi connectivity index (χ0) is 21.8. The van der Waals surface area contributed by atoms with Crippen LogP contribution in [0.2, 0.25) is 5.02 Å². The SMILES string of the molecule is CN(c1ccc(Cl)cc1)S(=O)(=O)CCCCCCN=C(NC#N)Nc1ccncc1. The van der Waals surface area contributed by atoms with Crippen molar-refractivity contribution in [3.8, 4) is 6.19 Å². The molecule has 0 saturated carbocycles. The number of benzene rings is 1. The van der Waals surface area contributed by atoms with Gasteiger partial charge in [0.05, 0.1) is 11.4 Å². The number of nitrogens with one attached hydrogen (secondary N) is 2. The summed E-state index contributed by atoms with van der Waals surface area (Å²) in [5, 5.41) is 14.9. The Bertz CT molecular complexity index is 959. The maximum Gasteiger partial charge on any atom is 0.234 e. The number of anilines is 2. The molecule has 0 aliphatic carbocycles. The van der Waals surface area contributed by atoms with Gasteiger partial charge < -0.3 is 5.32 Å². The maximum absolute atomic E-state index is 12.5.